The van der Waals surface area contributed by atoms with Crippen LogP contribution in [0.1, 0.15) is 51.4 Å². The number of fused-ring (bicyclic) bond motifs is 2. The summed E-state index contributed by atoms with van der Waals surface area (Å²) in [6.07, 6.45) is 8.73. The van der Waals surface area contributed by atoms with Gasteiger partial charge in [0.15, 0.2) is 15.5 Å². The highest BCUT2D eigenvalue weighted by Gasteiger charge is 2.30. The van der Waals surface area contributed by atoms with Gasteiger partial charge in [0.05, 0.1) is 28.6 Å². The van der Waals surface area contributed by atoms with E-state index in [9.17, 15) is 13.2 Å². The third-order valence-electron chi connectivity index (χ3n) is 7.39. The first kappa shape index (κ1) is 26.0. The molecule has 8 nitrogen and oxygen atoms in total. The van der Waals surface area contributed by atoms with Gasteiger partial charge in [-0.2, -0.15) is 0 Å². The summed E-state index contributed by atoms with van der Waals surface area (Å²) >= 11 is 0. The number of nitrogens with zero attached hydrogens (tertiary/aromatic N) is 2. The molecule has 0 spiro atoms. The van der Waals surface area contributed by atoms with Gasteiger partial charge < -0.3 is 14.6 Å². The lowest BCUT2D eigenvalue weighted by atomic mass is 9.88. The van der Waals surface area contributed by atoms with Gasteiger partial charge in [-0.05, 0) is 75.4 Å². The lowest BCUT2D eigenvalue weighted by Crippen LogP contribution is -2.42. The van der Waals surface area contributed by atoms with Crippen molar-refractivity contribution in [2.45, 2.75) is 56.6 Å². The standard InChI is InChI=1S/C25H34N4O4S.ClH/c30-25-27-23-16-19-15-20(7-8-22(19)26-24(23)28-25)33-13-4-14-34(31,32)21-9-11-29(12-10-21)17-18-5-2-1-3-6-18;/h7-8,15-16,18,21H,1-6,9-14,17H2,(H2,26,27,28,30);1H. The first-order valence-corrected chi connectivity index (χ1v) is 14.3. The molecule has 35 heavy (non-hydrogen) atoms. The van der Waals surface area contributed by atoms with Crippen LogP contribution in [0.15, 0.2) is 29.1 Å². The maximum Gasteiger partial charge on any atom is 0.325 e. The van der Waals surface area contributed by atoms with E-state index in [1.54, 1.807) is 0 Å². The number of imidazole rings is 1. The second kappa shape index (κ2) is 11.3. The van der Waals surface area contributed by atoms with Crippen LogP contribution in [0.25, 0.3) is 22.1 Å². The fraction of sp³-hybridized carbons (Fsp3) is 0.600. The molecule has 2 aliphatic rings. The fourth-order valence-corrected chi connectivity index (χ4v) is 7.28. The molecule has 5 rings (SSSR count). The van der Waals surface area contributed by atoms with Crippen molar-refractivity contribution in [3.05, 3.63) is 34.7 Å². The number of pyridine rings is 1. The molecule has 0 radical (unpaired) electrons. The van der Waals surface area contributed by atoms with Crippen molar-refractivity contribution < 1.29 is 13.2 Å². The number of rotatable bonds is 8. The van der Waals surface area contributed by atoms with Crippen molar-refractivity contribution in [2.24, 2.45) is 5.92 Å². The zero-order valence-electron chi connectivity index (χ0n) is 20.0. The number of piperidine rings is 1. The molecule has 0 atom stereocenters. The van der Waals surface area contributed by atoms with Crippen LogP contribution in [0, 0.1) is 5.92 Å². The number of likely N-dealkylation sites (tertiary alicyclic amines) is 1. The van der Waals surface area contributed by atoms with Crippen LogP contribution < -0.4 is 10.4 Å². The van der Waals surface area contributed by atoms with Crippen LogP contribution in [0.2, 0.25) is 0 Å². The third-order valence-corrected chi connectivity index (χ3v) is 9.74. The van der Waals surface area contributed by atoms with Gasteiger partial charge in [-0.1, -0.05) is 19.3 Å². The number of ether oxygens (including phenoxy) is 1. The number of nitrogens with one attached hydrogen (secondary N) is 2. The van der Waals surface area contributed by atoms with E-state index in [2.05, 4.69) is 19.9 Å². The second-order valence-corrected chi connectivity index (χ2v) is 12.3. The Morgan fingerprint density at radius 1 is 1.03 bits per heavy atom. The SMILES string of the molecule is Cl.O=c1[nH]c2cc3cc(OCCCS(=O)(=O)C4CCN(CC5CCCCC5)CC4)ccc3nc2[nH]1. The largest absolute Gasteiger partial charge is 0.494 e. The monoisotopic (exact) mass is 522 g/mol. The Morgan fingerprint density at radius 3 is 2.57 bits per heavy atom. The number of aromatic amines is 2. The molecule has 1 aliphatic carbocycles. The van der Waals surface area contributed by atoms with E-state index in [4.69, 9.17) is 4.74 Å². The summed E-state index contributed by atoms with van der Waals surface area (Å²) < 4.78 is 31.6. The summed E-state index contributed by atoms with van der Waals surface area (Å²) in [7, 11) is -3.10. The van der Waals surface area contributed by atoms with Crippen molar-refractivity contribution in [3.8, 4) is 5.75 Å². The number of hydrogen-bond donors (Lipinski definition) is 2. The Balaban J connectivity index is 0.00000289. The lowest BCUT2D eigenvalue weighted by molar-refractivity contribution is 0.175. The predicted octanol–water partition coefficient (Wildman–Crippen LogP) is 4.05. The fourth-order valence-electron chi connectivity index (χ4n) is 5.50. The molecule has 3 heterocycles. The minimum absolute atomic E-state index is 0. The molecule has 2 fully saturated rings. The van der Waals surface area contributed by atoms with Crippen molar-refractivity contribution >= 4 is 44.3 Å². The molecule has 0 unspecified atom stereocenters. The van der Waals surface area contributed by atoms with Gasteiger partial charge >= 0.3 is 5.69 Å². The molecule has 1 saturated heterocycles. The number of aromatic nitrogens is 3. The molecule has 192 valence electrons. The summed E-state index contributed by atoms with van der Waals surface area (Å²) in [5.41, 5.74) is 1.64. The first-order chi connectivity index (χ1) is 16.5. The van der Waals surface area contributed by atoms with Crippen molar-refractivity contribution in [1.29, 1.82) is 0 Å². The molecule has 10 heteroatoms. The summed E-state index contributed by atoms with van der Waals surface area (Å²) in [5.74, 6) is 1.64. The van der Waals surface area contributed by atoms with Crippen LogP contribution in [-0.2, 0) is 9.84 Å². The van der Waals surface area contributed by atoms with E-state index < -0.39 is 9.84 Å². The molecule has 2 aromatic heterocycles. The topological polar surface area (TPSA) is 108 Å². The maximum absolute atomic E-state index is 12.9. The molecule has 1 aromatic carbocycles. The Morgan fingerprint density at radius 2 is 1.80 bits per heavy atom. The Kier molecular flexibility index (Phi) is 8.39. The highest BCUT2D eigenvalue weighted by Crippen LogP contribution is 2.27. The van der Waals surface area contributed by atoms with E-state index in [-0.39, 0.29) is 29.1 Å². The van der Waals surface area contributed by atoms with Crippen molar-refractivity contribution in [2.75, 3.05) is 32.0 Å². The van der Waals surface area contributed by atoms with E-state index in [1.165, 1.54) is 32.1 Å². The molecular formula is C25H35ClN4O4S. The summed E-state index contributed by atoms with van der Waals surface area (Å²) in [4.78, 5) is 23.8. The summed E-state index contributed by atoms with van der Waals surface area (Å²) in [6.45, 7) is 3.30. The minimum atomic E-state index is -3.10. The Bertz CT molecular complexity index is 1290. The molecule has 2 N–H and O–H groups in total. The van der Waals surface area contributed by atoms with Gasteiger partial charge in [0.25, 0.3) is 0 Å². The van der Waals surface area contributed by atoms with Crippen LogP contribution in [0.4, 0.5) is 0 Å². The second-order valence-electron chi connectivity index (χ2n) is 9.89. The van der Waals surface area contributed by atoms with Gasteiger partial charge in [-0.3, -0.25) is 4.98 Å². The van der Waals surface area contributed by atoms with Crippen LogP contribution in [-0.4, -0.2) is 65.5 Å². The van der Waals surface area contributed by atoms with E-state index in [1.807, 2.05) is 24.3 Å². The average molecular weight is 523 g/mol. The summed E-state index contributed by atoms with van der Waals surface area (Å²) in [6, 6.07) is 7.38. The molecular weight excluding hydrogens is 488 g/mol. The van der Waals surface area contributed by atoms with Crippen LogP contribution in [0.3, 0.4) is 0 Å². The number of sulfone groups is 1. The minimum Gasteiger partial charge on any atom is -0.494 e. The zero-order chi connectivity index (χ0) is 23.5. The Labute approximate surface area is 212 Å². The van der Waals surface area contributed by atoms with Gasteiger partial charge in [0, 0.05) is 11.9 Å². The maximum atomic E-state index is 12.9. The van der Waals surface area contributed by atoms with Gasteiger partial charge in [0.2, 0.25) is 0 Å². The van der Waals surface area contributed by atoms with E-state index in [0.29, 0.717) is 29.9 Å². The number of H-pyrrole nitrogens is 2. The summed E-state index contributed by atoms with van der Waals surface area (Å²) in [5, 5.41) is 0.639. The molecule has 0 bridgehead atoms. The predicted molar refractivity (Wildman–Crippen MR) is 141 cm³/mol. The van der Waals surface area contributed by atoms with Gasteiger partial charge in [-0.15, -0.1) is 12.4 Å². The molecule has 1 aliphatic heterocycles. The molecule has 3 aromatic rings. The average Bonchev–Trinajstić information content (AvgIpc) is 3.20. The molecule has 0 amide bonds. The van der Waals surface area contributed by atoms with E-state index >= 15 is 0 Å². The van der Waals surface area contributed by atoms with Crippen LogP contribution in [0.5, 0.6) is 5.75 Å². The van der Waals surface area contributed by atoms with Gasteiger partial charge in [-0.25, -0.2) is 18.2 Å². The van der Waals surface area contributed by atoms with Gasteiger partial charge in [0.1, 0.15) is 5.75 Å². The normalized spacial score (nSPS) is 18.6. The van der Waals surface area contributed by atoms with E-state index in [0.717, 1.165) is 49.3 Å². The smallest absolute Gasteiger partial charge is 0.325 e. The highest BCUT2D eigenvalue weighted by atomic mass is 35.5. The quantitative estimate of drug-likeness (QED) is 0.432. The third kappa shape index (κ3) is 6.37. The highest BCUT2D eigenvalue weighted by molar-refractivity contribution is 7.92. The number of benzene rings is 1. The zero-order valence-corrected chi connectivity index (χ0v) is 21.6. The van der Waals surface area contributed by atoms with Crippen molar-refractivity contribution in [3.63, 3.8) is 0 Å². The van der Waals surface area contributed by atoms with Crippen LogP contribution >= 0.6 is 12.4 Å². The first-order valence-electron chi connectivity index (χ1n) is 12.6. The number of halogens is 1. The Hall–Kier alpha value is -2.10. The number of hydrogen-bond acceptors (Lipinski definition) is 6. The lowest BCUT2D eigenvalue weighted by Gasteiger charge is -2.35. The molecule has 1 saturated carbocycles. The van der Waals surface area contributed by atoms with Crippen molar-refractivity contribution in [1.82, 2.24) is 19.9 Å².